The molecule has 1 aromatic rings. The summed E-state index contributed by atoms with van der Waals surface area (Å²) < 4.78 is 11.8. The van der Waals surface area contributed by atoms with Gasteiger partial charge in [0.2, 0.25) is 0 Å². The first kappa shape index (κ1) is 13.7. The van der Waals surface area contributed by atoms with Crippen LogP contribution in [0.2, 0.25) is 0 Å². The molecular weight excluding hydrogens is 296 g/mol. The Balaban J connectivity index is 1.72. The Hall–Kier alpha value is -0.710. The molecule has 1 saturated heterocycles. The third-order valence-corrected chi connectivity index (χ3v) is 3.62. The molecule has 0 atom stereocenters. The van der Waals surface area contributed by atoms with E-state index in [9.17, 15) is 4.79 Å². The van der Waals surface area contributed by atoms with E-state index in [1.807, 2.05) is 24.3 Å². The number of carbonyl (C=O) groups is 1. The lowest BCUT2D eigenvalue weighted by Crippen LogP contribution is -2.21. The highest BCUT2D eigenvalue weighted by atomic mass is 79.9. The van der Waals surface area contributed by atoms with Gasteiger partial charge in [-0.1, -0.05) is 28.1 Å². The molecule has 18 heavy (non-hydrogen) atoms. The van der Waals surface area contributed by atoms with Crippen LogP contribution in [0, 0.1) is 5.92 Å². The number of carbonyl (C=O) groups excluding carboxylic acids is 1. The van der Waals surface area contributed by atoms with Gasteiger partial charge in [-0.3, -0.25) is 4.79 Å². The molecule has 1 aliphatic rings. The van der Waals surface area contributed by atoms with E-state index in [-0.39, 0.29) is 12.4 Å². The highest BCUT2D eigenvalue weighted by molar-refractivity contribution is 9.10. The van der Waals surface area contributed by atoms with Crippen molar-refractivity contribution in [2.75, 3.05) is 26.4 Å². The predicted octanol–water partition coefficient (Wildman–Crippen LogP) is 3.08. The minimum atomic E-state index is 0.0366. The van der Waals surface area contributed by atoms with Crippen molar-refractivity contribution < 1.29 is 14.3 Å². The number of benzene rings is 1. The van der Waals surface area contributed by atoms with Crippen LogP contribution in [0.5, 0.6) is 0 Å². The van der Waals surface area contributed by atoms with Crippen LogP contribution in [0.3, 0.4) is 0 Å². The number of rotatable bonds is 5. The van der Waals surface area contributed by atoms with Crippen molar-refractivity contribution in [2.45, 2.75) is 12.8 Å². The van der Waals surface area contributed by atoms with Gasteiger partial charge in [-0.15, -0.1) is 0 Å². The quantitative estimate of drug-likeness (QED) is 0.784. The van der Waals surface area contributed by atoms with Crippen LogP contribution < -0.4 is 0 Å². The van der Waals surface area contributed by atoms with E-state index in [0.29, 0.717) is 18.1 Å². The largest absolute Gasteiger partial charge is 0.381 e. The summed E-state index contributed by atoms with van der Waals surface area (Å²) in [5.74, 6) is 0.575. The maximum Gasteiger partial charge on any atom is 0.188 e. The molecule has 0 saturated carbocycles. The number of hydrogen-bond acceptors (Lipinski definition) is 3. The highest BCUT2D eigenvalue weighted by Gasteiger charge is 2.14. The minimum Gasteiger partial charge on any atom is -0.381 e. The molecule has 98 valence electrons. The number of Topliss-reactive ketones (excluding diaryl/α,β-unsaturated/α-hetero) is 1. The van der Waals surface area contributed by atoms with Crippen LogP contribution in [-0.4, -0.2) is 32.2 Å². The van der Waals surface area contributed by atoms with Crippen LogP contribution in [0.1, 0.15) is 23.2 Å². The fourth-order valence-corrected chi connectivity index (χ4v) is 2.21. The molecule has 2 rings (SSSR count). The number of hydrogen-bond donors (Lipinski definition) is 0. The SMILES string of the molecule is O=C(COCC1CCOCC1)c1ccc(Br)cc1. The van der Waals surface area contributed by atoms with Gasteiger partial charge in [-0.25, -0.2) is 0 Å². The van der Waals surface area contributed by atoms with E-state index in [0.717, 1.165) is 30.5 Å². The van der Waals surface area contributed by atoms with Crippen LogP contribution >= 0.6 is 15.9 Å². The summed E-state index contributed by atoms with van der Waals surface area (Å²) in [5, 5.41) is 0. The van der Waals surface area contributed by atoms with Crippen molar-refractivity contribution >= 4 is 21.7 Å². The molecular formula is C14H17BrO3. The molecule has 0 radical (unpaired) electrons. The Labute approximate surface area is 116 Å². The van der Waals surface area contributed by atoms with Crippen molar-refractivity contribution in [1.29, 1.82) is 0 Å². The monoisotopic (exact) mass is 312 g/mol. The Morgan fingerprint density at radius 1 is 1.28 bits per heavy atom. The van der Waals surface area contributed by atoms with Crippen molar-refractivity contribution in [2.24, 2.45) is 5.92 Å². The third-order valence-electron chi connectivity index (χ3n) is 3.09. The second-order valence-corrected chi connectivity index (χ2v) is 5.42. The second kappa shape index (κ2) is 7.02. The summed E-state index contributed by atoms with van der Waals surface area (Å²) in [7, 11) is 0. The van der Waals surface area contributed by atoms with Crippen molar-refractivity contribution in [3.05, 3.63) is 34.3 Å². The topological polar surface area (TPSA) is 35.5 Å². The first-order valence-electron chi connectivity index (χ1n) is 6.20. The molecule has 4 heteroatoms. The number of ketones is 1. The number of ether oxygens (including phenoxy) is 2. The second-order valence-electron chi connectivity index (χ2n) is 4.50. The average molecular weight is 313 g/mol. The molecule has 0 unspecified atom stereocenters. The molecule has 1 heterocycles. The zero-order chi connectivity index (χ0) is 12.8. The normalized spacial score (nSPS) is 16.7. The van der Waals surface area contributed by atoms with Crippen LogP contribution in [0.4, 0.5) is 0 Å². The average Bonchev–Trinajstić information content (AvgIpc) is 2.40. The molecule has 0 N–H and O–H groups in total. The molecule has 0 bridgehead atoms. The lowest BCUT2D eigenvalue weighted by atomic mass is 10.0. The summed E-state index contributed by atoms with van der Waals surface area (Å²) >= 11 is 3.34. The lowest BCUT2D eigenvalue weighted by Gasteiger charge is -2.21. The van der Waals surface area contributed by atoms with Gasteiger partial charge in [-0.2, -0.15) is 0 Å². The van der Waals surface area contributed by atoms with Gasteiger partial charge in [0, 0.05) is 23.2 Å². The van der Waals surface area contributed by atoms with E-state index >= 15 is 0 Å². The van der Waals surface area contributed by atoms with E-state index in [4.69, 9.17) is 9.47 Å². The standard InChI is InChI=1S/C14H17BrO3/c15-13-3-1-12(2-4-13)14(16)10-18-9-11-5-7-17-8-6-11/h1-4,11H,5-10H2. The highest BCUT2D eigenvalue weighted by Crippen LogP contribution is 2.15. The fourth-order valence-electron chi connectivity index (χ4n) is 1.95. The lowest BCUT2D eigenvalue weighted by molar-refractivity contribution is 0.0216. The fraction of sp³-hybridized carbons (Fsp3) is 0.500. The zero-order valence-corrected chi connectivity index (χ0v) is 11.8. The van der Waals surface area contributed by atoms with Crippen molar-refractivity contribution in [1.82, 2.24) is 0 Å². The van der Waals surface area contributed by atoms with Gasteiger partial charge in [-0.05, 0) is 30.9 Å². The Morgan fingerprint density at radius 3 is 2.61 bits per heavy atom. The van der Waals surface area contributed by atoms with Crippen LogP contribution in [0.25, 0.3) is 0 Å². The van der Waals surface area contributed by atoms with E-state index in [2.05, 4.69) is 15.9 Å². The summed E-state index contributed by atoms with van der Waals surface area (Å²) in [6, 6.07) is 7.35. The van der Waals surface area contributed by atoms with E-state index in [1.54, 1.807) is 0 Å². The Bertz CT molecular complexity index is 383. The smallest absolute Gasteiger partial charge is 0.188 e. The van der Waals surface area contributed by atoms with Crippen molar-refractivity contribution in [3.63, 3.8) is 0 Å². The van der Waals surface area contributed by atoms with Gasteiger partial charge in [0.05, 0.1) is 6.61 Å². The summed E-state index contributed by atoms with van der Waals surface area (Å²) in [4.78, 5) is 11.8. The molecule has 0 aromatic heterocycles. The molecule has 1 aliphatic heterocycles. The molecule has 3 nitrogen and oxygen atoms in total. The first-order chi connectivity index (χ1) is 8.75. The number of halogens is 1. The third kappa shape index (κ3) is 4.19. The Morgan fingerprint density at radius 2 is 1.94 bits per heavy atom. The van der Waals surface area contributed by atoms with Gasteiger partial charge < -0.3 is 9.47 Å². The maximum atomic E-state index is 11.8. The van der Waals surface area contributed by atoms with Gasteiger partial charge >= 0.3 is 0 Å². The zero-order valence-electron chi connectivity index (χ0n) is 10.2. The summed E-state index contributed by atoms with van der Waals surface area (Å²) in [6.07, 6.45) is 2.07. The van der Waals surface area contributed by atoms with Gasteiger partial charge in [0.1, 0.15) is 6.61 Å². The molecule has 1 aromatic carbocycles. The Kier molecular flexibility index (Phi) is 5.35. The maximum absolute atomic E-state index is 11.8. The first-order valence-corrected chi connectivity index (χ1v) is 6.99. The minimum absolute atomic E-state index is 0.0366. The molecule has 1 fully saturated rings. The van der Waals surface area contributed by atoms with Crippen LogP contribution in [-0.2, 0) is 9.47 Å². The molecule has 0 amide bonds. The summed E-state index contributed by atoms with van der Waals surface area (Å²) in [6.45, 7) is 2.45. The molecule has 0 aliphatic carbocycles. The van der Waals surface area contributed by atoms with Crippen molar-refractivity contribution in [3.8, 4) is 0 Å². The predicted molar refractivity (Wildman–Crippen MR) is 72.8 cm³/mol. The van der Waals surface area contributed by atoms with Gasteiger partial charge in [0.25, 0.3) is 0 Å². The van der Waals surface area contributed by atoms with Crippen LogP contribution in [0.15, 0.2) is 28.7 Å². The van der Waals surface area contributed by atoms with E-state index in [1.165, 1.54) is 0 Å². The molecule has 0 spiro atoms. The van der Waals surface area contributed by atoms with Gasteiger partial charge in [0.15, 0.2) is 5.78 Å². The van der Waals surface area contributed by atoms with E-state index < -0.39 is 0 Å². The summed E-state index contributed by atoms with van der Waals surface area (Å²) in [5.41, 5.74) is 0.699.